The number of carboxylic acid groups (broad SMARTS) is 1. The van der Waals surface area contributed by atoms with Gasteiger partial charge in [-0.05, 0) is 65.9 Å². The van der Waals surface area contributed by atoms with E-state index in [1.807, 2.05) is 19.1 Å². The molecule has 1 aliphatic rings. The van der Waals surface area contributed by atoms with Gasteiger partial charge in [0.25, 0.3) is 5.91 Å². The van der Waals surface area contributed by atoms with Gasteiger partial charge >= 0.3 is 5.97 Å². The Labute approximate surface area is 135 Å². The van der Waals surface area contributed by atoms with E-state index in [0.717, 1.165) is 21.8 Å². The summed E-state index contributed by atoms with van der Waals surface area (Å²) in [7, 11) is 0. The molecular formula is C16H16BrNO4. The van der Waals surface area contributed by atoms with Gasteiger partial charge in [0.2, 0.25) is 0 Å². The van der Waals surface area contributed by atoms with Crippen LogP contribution in [0.2, 0.25) is 0 Å². The predicted molar refractivity (Wildman–Crippen MR) is 85.0 cm³/mol. The fourth-order valence-corrected chi connectivity index (χ4v) is 3.58. The Bertz CT molecular complexity index is 761. The van der Waals surface area contributed by atoms with Crippen LogP contribution in [0.15, 0.2) is 27.1 Å². The number of nitrogens with one attached hydrogen (secondary N) is 1. The highest BCUT2D eigenvalue weighted by atomic mass is 79.9. The zero-order valence-electron chi connectivity index (χ0n) is 12.1. The molecule has 0 bridgehead atoms. The maximum absolute atomic E-state index is 12.4. The zero-order valence-corrected chi connectivity index (χ0v) is 13.7. The largest absolute Gasteiger partial charge is 0.481 e. The molecule has 2 aromatic rings. The maximum Gasteiger partial charge on any atom is 0.305 e. The van der Waals surface area contributed by atoms with E-state index in [1.54, 1.807) is 6.07 Å². The Kier molecular flexibility index (Phi) is 3.72. The highest BCUT2D eigenvalue weighted by Gasteiger charge is 2.41. The number of halogens is 1. The number of carboxylic acids is 1. The van der Waals surface area contributed by atoms with Crippen molar-refractivity contribution in [2.45, 2.75) is 38.1 Å². The van der Waals surface area contributed by atoms with Crippen molar-refractivity contribution >= 4 is 38.8 Å². The van der Waals surface area contributed by atoms with Crippen LogP contribution in [-0.2, 0) is 4.79 Å². The molecule has 0 radical (unpaired) electrons. The molecular weight excluding hydrogens is 350 g/mol. The number of benzene rings is 1. The minimum Gasteiger partial charge on any atom is -0.481 e. The molecule has 5 nitrogen and oxygen atoms in total. The van der Waals surface area contributed by atoms with Gasteiger partial charge in [0.15, 0.2) is 5.76 Å². The Morgan fingerprint density at radius 2 is 2.09 bits per heavy atom. The molecule has 1 aromatic carbocycles. The molecule has 6 heteroatoms. The Morgan fingerprint density at radius 3 is 2.68 bits per heavy atom. The summed E-state index contributed by atoms with van der Waals surface area (Å²) in [5.41, 5.74) is 1.06. The molecule has 0 aliphatic heterocycles. The lowest BCUT2D eigenvalue weighted by Gasteiger charge is -2.41. The fourth-order valence-electron chi connectivity index (χ4n) is 2.90. The molecule has 0 atom stereocenters. The van der Waals surface area contributed by atoms with E-state index in [0.29, 0.717) is 18.4 Å². The normalized spacial score (nSPS) is 16.3. The van der Waals surface area contributed by atoms with Gasteiger partial charge in [-0.3, -0.25) is 9.59 Å². The van der Waals surface area contributed by atoms with E-state index >= 15 is 0 Å². The van der Waals surface area contributed by atoms with Crippen LogP contribution in [0.1, 0.15) is 41.8 Å². The number of aliphatic carboxylic acids is 1. The van der Waals surface area contributed by atoms with E-state index in [2.05, 4.69) is 21.2 Å². The minimum atomic E-state index is -0.900. The van der Waals surface area contributed by atoms with Crippen molar-refractivity contribution in [3.8, 4) is 0 Å². The number of fused-ring (bicyclic) bond motifs is 1. The highest BCUT2D eigenvalue weighted by molar-refractivity contribution is 9.10. The summed E-state index contributed by atoms with van der Waals surface area (Å²) in [5, 5.41) is 12.7. The van der Waals surface area contributed by atoms with Crippen molar-refractivity contribution in [3.05, 3.63) is 34.0 Å². The van der Waals surface area contributed by atoms with Crippen molar-refractivity contribution in [2.24, 2.45) is 0 Å². The van der Waals surface area contributed by atoms with Gasteiger partial charge in [0.1, 0.15) is 5.58 Å². The molecule has 1 aromatic heterocycles. The van der Waals surface area contributed by atoms with Gasteiger partial charge in [-0.2, -0.15) is 0 Å². The number of aryl methyl sites for hydroxylation is 1. The van der Waals surface area contributed by atoms with Gasteiger partial charge in [-0.1, -0.05) is 0 Å². The van der Waals surface area contributed by atoms with E-state index < -0.39 is 11.5 Å². The first kappa shape index (κ1) is 15.1. The third-order valence-electron chi connectivity index (χ3n) is 4.12. The van der Waals surface area contributed by atoms with Gasteiger partial charge < -0.3 is 14.8 Å². The highest BCUT2D eigenvalue weighted by Crippen LogP contribution is 2.36. The van der Waals surface area contributed by atoms with Crippen LogP contribution in [0, 0.1) is 6.92 Å². The number of furan rings is 1. The monoisotopic (exact) mass is 365 g/mol. The Hall–Kier alpha value is -1.82. The Balaban J connectivity index is 1.86. The lowest BCUT2D eigenvalue weighted by atomic mass is 9.74. The predicted octanol–water partition coefficient (Wildman–Crippen LogP) is 3.63. The summed E-state index contributed by atoms with van der Waals surface area (Å²) in [5.74, 6) is -1.05. The second-order valence-electron chi connectivity index (χ2n) is 5.93. The number of amides is 1. The minimum absolute atomic E-state index is 0.0538. The summed E-state index contributed by atoms with van der Waals surface area (Å²) >= 11 is 3.43. The molecule has 1 heterocycles. The molecule has 0 saturated heterocycles. The SMILES string of the molecule is Cc1cc(Br)c2oc(C(=O)NC3(CC(=O)O)CCC3)cc2c1. The average Bonchev–Trinajstić information content (AvgIpc) is 2.79. The summed E-state index contributed by atoms with van der Waals surface area (Å²) in [6.07, 6.45) is 2.25. The summed E-state index contributed by atoms with van der Waals surface area (Å²) in [6, 6.07) is 5.55. The Morgan fingerprint density at radius 1 is 1.36 bits per heavy atom. The molecule has 3 rings (SSSR count). The standard InChI is InChI=1S/C16H16BrNO4/c1-9-5-10-7-12(22-14(10)11(17)6-9)15(21)18-16(3-2-4-16)8-13(19)20/h5-7H,2-4,8H2,1H3,(H,18,21)(H,19,20). The molecule has 22 heavy (non-hydrogen) atoms. The van der Waals surface area contributed by atoms with E-state index in [9.17, 15) is 9.59 Å². The van der Waals surface area contributed by atoms with E-state index in [1.165, 1.54) is 0 Å². The van der Waals surface area contributed by atoms with Crippen molar-refractivity contribution in [1.29, 1.82) is 0 Å². The number of carbonyl (C=O) groups excluding carboxylic acids is 1. The number of hydrogen-bond donors (Lipinski definition) is 2. The lowest BCUT2D eigenvalue weighted by Crippen LogP contribution is -2.54. The van der Waals surface area contributed by atoms with E-state index in [-0.39, 0.29) is 18.1 Å². The fraction of sp³-hybridized carbons (Fsp3) is 0.375. The molecule has 2 N–H and O–H groups in total. The summed E-state index contributed by atoms with van der Waals surface area (Å²) < 4.78 is 6.43. The second-order valence-corrected chi connectivity index (χ2v) is 6.79. The van der Waals surface area contributed by atoms with Crippen molar-refractivity contribution in [3.63, 3.8) is 0 Å². The second kappa shape index (κ2) is 5.43. The quantitative estimate of drug-likeness (QED) is 0.866. The number of rotatable bonds is 4. The molecule has 1 fully saturated rings. The topological polar surface area (TPSA) is 79.5 Å². The van der Waals surface area contributed by atoms with Crippen molar-refractivity contribution < 1.29 is 19.1 Å². The molecule has 1 saturated carbocycles. The molecule has 116 valence electrons. The van der Waals surface area contributed by atoms with Gasteiger partial charge in [0.05, 0.1) is 16.4 Å². The van der Waals surface area contributed by atoms with Gasteiger partial charge in [-0.25, -0.2) is 0 Å². The molecule has 0 unspecified atom stereocenters. The van der Waals surface area contributed by atoms with Crippen LogP contribution in [-0.4, -0.2) is 22.5 Å². The number of carbonyl (C=O) groups is 2. The molecule has 1 aliphatic carbocycles. The third kappa shape index (κ3) is 2.75. The summed E-state index contributed by atoms with van der Waals surface area (Å²) in [6.45, 7) is 1.97. The van der Waals surface area contributed by atoms with Crippen molar-refractivity contribution in [1.82, 2.24) is 5.32 Å². The smallest absolute Gasteiger partial charge is 0.305 e. The van der Waals surface area contributed by atoms with Crippen LogP contribution in [0.25, 0.3) is 11.0 Å². The summed E-state index contributed by atoms with van der Waals surface area (Å²) in [4.78, 5) is 23.4. The average molecular weight is 366 g/mol. The third-order valence-corrected chi connectivity index (χ3v) is 4.71. The van der Waals surface area contributed by atoms with Crippen LogP contribution in [0.4, 0.5) is 0 Å². The van der Waals surface area contributed by atoms with E-state index in [4.69, 9.17) is 9.52 Å². The lowest BCUT2D eigenvalue weighted by molar-refractivity contribution is -0.139. The van der Waals surface area contributed by atoms with Crippen LogP contribution in [0.3, 0.4) is 0 Å². The first-order chi connectivity index (χ1) is 10.4. The first-order valence-corrected chi connectivity index (χ1v) is 7.92. The van der Waals surface area contributed by atoms with Crippen LogP contribution >= 0.6 is 15.9 Å². The van der Waals surface area contributed by atoms with Gasteiger partial charge in [-0.15, -0.1) is 0 Å². The molecule has 1 amide bonds. The van der Waals surface area contributed by atoms with Gasteiger partial charge in [0, 0.05) is 5.39 Å². The molecule has 0 spiro atoms. The number of hydrogen-bond acceptors (Lipinski definition) is 3. The van der Waals surface area contributed by atoms with Crippen molar-refractivity contribution in [2.75, 3.05) is 0 Å². The maximum atomic E-state index is 12.4. The zero-order chi connectivity index (χ0) is 15.9. The first-order valence-electron chi connectivity index (χ1n) is 7.13. The van der Waals surface area contributed by atoms with Crippen LogP contribution in [0.5, 0.6) is 0 Å². The van der Waals surface area contributed by atoms with Crippen LogP contribution < -0.4 is 5.32 Å².